The molecular formula is C25H26O5. The van der Waals surface area contributed by atoms with E-state index in [0.717, 1.165) is 24.8 Å². The summed E-state index contributed by atoms with van der Waals surface area (Å²) >= 11 is 0. The van der Waals surface area contributed by atoms with Gasteiger partial charge in [-0.05, 0) is 48.7 Å². The average molecular weight is 406 g/mol. The van der Waals surface area contributed by atoms with E-state index >= 15 is 0 Å². The first-order chi connectivity index (χ1) is 14.3. The van der Waals surface area contributed by atoms with Crippen molar-refractivity contribution in [2.24, 2.45) is 17.3 Å². The predicted octanol–water partition coefficient (Wildman–Crippen LogP) is 4.20. The third-order valence-corrected chi connectivity index (χ3v) is 6.94. The summed E-state index contributed by atoms with van der Waals surface area (Å²) in [6, 6.07) is 8.77. The van der Waals surface area contributed by atoms with Gasteiger partial charge in [0.05, 0.1) is 0 Å². The van der Waals surface area contributed by atoms with Gasteiger partial charge in [-0.2, -0.15) is 0 Å². The Morgan fingerprint density at radius 3 is 2.67 bits per heavy atom. The van der Waals surface area contributed by atoms with Crippen molar-refractivity contribution in [1.29, 1.82) is 0 Å². The van der Waals surface area contributed by atoms with Crippen molar-refractivity contribution in [2.75, 3.05) is 0 Å². The largest absolute Gasteiger partial charge is 0.458 e. The molecule has 0 radical (unpaired) electrons. The van der Waals surface area contributed by atoms with Crippen molar-refractivity contribution in [1.82, 2.24) is 0 Å². The molecule has 5 atom stereocenters. The molecule has 0 N–H and O–H groups in total. The maximum atomic E-state index is 12.3. The zero-order valence-corrected chi connectivity index (χ0v) is 17.1. The van der Waals surface area contributed by atoms with Crippen LogP contribution in [-0.4, -0.2) is 29.9 Å². The van der Waals surface area contributed by atoms with E-state index in [0.29, 0.717) is 17.6 Å². The predicted molar refractivity (Wildman–Crippen MR) is 112 cm³/mol. The lowest BCUT2D eigenvalue weighted by Gasteiger charge is -2.51. The van der Waals surface area contributed by atoms with Crippen molar-refractivity contribution in [3.05, 3.63) is 72.4 Å². The Bertz CT molecular complexity index is 944. The van der Waals surface area contributed by atoms with Crippen molar-refractivity contribution in [2.45, 2.75) is 44.8 Å². The minimum absolute atomic E-state index is 0.00478. The van der Waals surface area contributed by atoms with Gasteiger partial charge in [-0.25, -0.2) is 9.59 Å². The molecule has 1 aromatic rings. The van der Waals surface area contributed by atoms with Crippen LogP contribution in [0.4, 0.5) is 0 Å². The first-order valence-corrected chi connectivity index (χ1v) is 10.3. The van der Waals surface area contributed by atoms with E-state index in [1.165, 1.54) is 12.2 Å². The van der Waals surface area contributed by atoms with E-state index in [9.17, 15) is 14.4 Å². The summed E-state index contributed by atoms with van der Waals surface area (Å²) < 4.78 is 11.2. The van der Waals surface area contributed by atoms with E-state index < -0.39 is 12.1 Å². The van der Waals surface area contributed by atoms with Crippen LogP contribution >= 0.6 is 0 Å². The number of benzene rings is 1. The van der Waals surface area contributed by atoms with Crippen molar-refractivity contribution in [3.8, 4) is 0 Å². The monoisotopic (exact) mass is 406 g/mol. The van der Waals surface area contributed by atoms with Crippen LogP contribution in [0.15, 0.2) is 66.8 Å². The summed E-state index contributed by atoms with van der Waals surface area (Å²) in [5.74, 6) is -0.956. The number of rotatable bonds is 4. The molecule has 30 heavy (non-hydrogen) atoms. The Morgan fingerprint density at radius 1 is 1.20 bits per heavy atom. The number of fused-ring (bicyclic) bond motifs is 2. The number of carbonyl (C=O) groups is 3. The molecule has 0 unspecified atom stereocenters. The first kappa shape index (κ1) is 20.3. The molecule has 0 amide bonds. The Hall–Kier alpha value is -2.95. The molecular weight excluding hydrogens is 380 g/mol. The fourth-order valence-electron chi connectivity index (χ4n) is 5.19. The van der Waals surface area contributed by atoms with Gasteiger partial charge >= 0.3 is 11.9 Å². The third kappa shape index (κ3) is 3.64. The first-order valence-electron chi connectivity index (χ1n) is 10.3. The van der Waals surface area contributed by atoms with Gasteiger partial charge in [0, 0.05) is 23.1 Å². The highest BCUT2D eigenvalue weighted by Gasteiger charge is 2.54. The van der Waals surface area contributed by atoms with Gasteiger partial charge < -0.3 is 9.47 Å². The second-order valence-electron chi connectivity index (χ2n) is 8.82. The molecule has 5 nitrogen and oxygen atoms in total. The van der Waals surface area contributed by atoms with E-state index in [-0.39, 0.29) is 35.1 Å². The number of hydrogen-bond acceptors (Lipinski definition) is 5. The second kappa shape index (κ2) is 7.71. The summed E-state index contributed by atoms with van der Waals surface area (Å²) in [6.07, 6.45) is 4.96. The van der Waals surface area contributed by atoms with Crippen molar-refractivity contribution in [3.63, 3.8) is 0 Å². The van der Waals surface area contributed by atoms with Crippen LogP contribution in [0.5, 0.6) is 0 Å². The Balaban J connectivity index is 1.41. The molecule has 1 heterocycles. The Morgan fingerprint density at radius 2 is 1.93 bits per heavy atom. The van der Waals surface area contributed by atoms with Gasteiger partial charge in [0.25, 0.3) is 0 Å². The van der Waals surface area contributed by atoms with Gasteiger partial charge in [-0.15, -0.1) is 0 Å². The van der Waals surface area contributed by atoms with Crippen LogP contribution in [0.25, 0.3) is 0 Å². The Kier molecular flexibility index (Phi) is 5.22. The zero-order valence-electron chi connectivity index (χ0n) is 17.1. The van der Waals surface area contributed by atoms with Crippen LogP contribution < -0.4 is 0 Å². The van der Waals surface area contributed by atoms with Crippen LogP contribution in [-0.2, 0) is 19.1 Å². The minimum atomic E-state index is -0.550. The number of hydrogen-bond donors (Lipinski definition) is 0. The normalized spacial score (nSPS) is 33.0. The molecule has 1 saturated heterocycles. The summed E-state index contributed by atoms with van der Waals surface area (Å²) in [5, 5.41) is 0. The van der Waals surface area contributed by atoms with Crippen molar-refractivity contribution >= 4 is 17.7 Å². The van der Waals surface area contributed by atoms with E-state index in [1.807, 2.05) is 6.07 Å². The number of carbonyl (C=O) groups excluding carboxylic acids is 3. The van der Waals surface area contributed by atoms with Crippen LogP contribution in [0, 0.1) is 17.3 Å². The highest BCUT2D eigenvalue weighted by Crippen LogP contribution is 2.57. The van der Waals surface area contributed by atoms with Crippen molar-refractivity contribution < 1.29 is 23.9 Å². The fraction of sp³-hybridized carbons (Fsp3) is 0.400. The quantitative estimate of drug-likeness (QED) is 0.324. The maximum absolute atomic E-state index is 12.3. The lowest BCUT2D eigenvalue weighted by Crippen LogP contribution is -2.47. The molecule has 1 aromatic carbocycles. The summed E-state index contributed by atoms with van der Waals surface area (Å²) in [5.41, 5.74) is 1.90. The molecule has 0 aromatic heterocycles. The molecule has 156 valence electrons. The van der Waals surface area contributed by atoms with Gasteiger partial charge in [0.2, 0.25) is 0 Å². The summed E-state index contributed by atoms with van der Waals surface area (Å²) in [7, 11) is 0. The number of allylic oxidation sites excluding steroid dienone is 1. The molecule has 2 aliphatic carbocycles. The standard InChI is InChI=1S/C25H26O5/c1-15-18-13-19-16(2)21(11-12-25(19,3)14-22(18)30-24(15)28)29-23(27)10-9-20(26)17-7-5-4-6-8-17/h4-10,18-19,21-22H,1-2,11-14H2,3H3/b10-9+/t18-,19+,21-,22-,25-/m1/s1. The zero-order chi connectivity index (χ0) is 21.5. The molecule has 0 bridgehead atoms. The number of ether oxygens (including phenoxy) is 2. The average Bonchev–Trinajstić information content (AvgIpc) is 3.00. The van der Waals surface area contributed by atoms with Gasteiger partial charge in [-0.3, -0.25) is 4.79 Å². The SMILES string of the molecule is C=C1C(=O)O[C@@H]2C[C@@]3(C)CC[C@@H](OC(=O)/C=C/C(=O)c4ccccc4)C(=C)[C@@H]3C[C@H]12. The molecule has 4 rings (SSSR count). The highest BCUT2D eigenvalue weighted by molar-refractivity contribution is 6.06. The third-order valence-electron chi connectivity index (χ3n) is 6.94. The van der Waals surface area contributed by atoms with Crippen LogP contribution in [0.3, 0.4) is 0 Å². The summed E-state index contributed by atoms with van der Waals surface area (Å²) in [6.45, 7) is 10.4. The van der Waals surface area contributed by atoms with Gasteiger partial charge in [0.15, 0.2) is 5.78 Å². The Labute approximate surface area is 176 Å². The smallest absolute Gasteiger partial charge is 0.334 e. The fourth-order valence-corrected chi connectivity index (χ4v) is 5.19. The molecule has 0 spiro atoms. The maximum Gasteiger partial charge on any atom is 0.334 e. The number of esters is 2. The van der Waals surface area contributed by atoms with Crippen LogP contribution in [0.1, 0.15) is 43.0 Å². The topological polar surface area (TPSA) is 69.7 Å². The van der Waals surface area contributed by atoms with Crippen LogP contribution in [0.2, 0.25) is 0 Å². The summed E-state index contributed by atoms with van der Waals surface area (Å²) in [4.78, 5) is 36.4. The lowest BCUT2D eigenvalue weighted by atomic mass is 9.55. The second-order valence-corrected chi connectivity index (χ2v) is 8.82. The van der Waals surface area contributed by atoms with Gasteiger partial charge in [-0.1, -0.05) is 50.4 Å². The van der Waals surface area contributed by atoms with E-state index in [1.54, 1.807) is 24.3 Å². The molecule has 3 aliphatic rings. The lowest BCUT2D eigenvalue weighted by molar-refractivity contribution is -0.147. The van der Waals surface area contributed by atoms with E-state index in [4.69, 9.17) is 9.47 Å². The van der Waals surface area contributed by atoms with Gasteiger partial charge in [0.1, 0.15) is 12.2 Å². The number of ketones is 1. The molecule has 3 fully saturated rings. The molecule has 2 saturated carbocycles. The highest BCUT2D eigenvalue weighted by atomic mass is 16.6. The van der Waals surface area contributed by atoms with E-state index in [2.05, 4.69) is 20.1 Å². The minimum Gasteiger partial charge on any atom is -0.458 e. The molecule has 1 aliphatic heterocycles. The molecule has 5 heteroatoms.